The maximum atomic E-state index is 12.4. The van der Waals surface area contributed by atoms with Crippen LogP contribution in [-0.4, -0.2) is 23.4 Å². The highest BCUT2D eigenvalue weighted by molar-refractivity contribution is 7.32. The molecule has 10 heterocycles. The van der Waals surface area contributed by atoms with Gasteiger partial charge in [-0.15, -0.1) is 102 Å². The summed E-state index contributed by atoms with van der Waals surface area (Å²) in [5.74, 6) is 1.35. The Balaban J connectivity index is 1.06. The monoisotopic (exact) mass is 1580 g/mol. The van der Waals surface area contributed by atoms with E-state index in [2.05, 4.69) is 128 Å². The summed E-state index contributed by atoms with van der Waals surface area (Å²) in [7, 11) is 1.83. The molecule has 0 amide bonds. The molecule has 11 aromatic rings. The van der Waals surface area contributed by atoms with Crippen LogP contribution in [0.4, 0.5) is 0 Å². The van der Waals surface area contributed by atoms with E-state index in [4.69, 9.17) is 14.7 Å². The first-order valence-corrected chi connectivity index (χ1v) is 49.0. The first kappa shape index (κ1) is 81.1. The molecule has 0 spiro atoms. The molecule has 0 aliphatic rings. The highest BCUT2D eigenvalue weighted by Crippen LogP contribution is 2.56. The van der Waals surface area contributed by atoms with E-state index in [1.54, 1.807) is 11.3 Å². The van der Waals surface area contributed by atoms with E-state index in [0.717, 1.165) is 75.8 Å². The van der Waals surface area contributed by atoms with Gasteiger partial charge in [-0.05, 0) is 171 Å². The second-order valence-corrected chi connectivity index (χ2v) is 40.2. The third-order valence-corrected chi connectivity index (χ3v) is 33.6. The molecule has 0 bridgehead atoms. The summed E-state index contributed by atoms with van der Waals surface area (Å²) in [5.41, 5.74) is 10.5. The maximum Gasteiger partial charge on any atom is 0.174 e. The number of aromatic nitrogens is 2. The van der Waals surface area contributed by atoms with Crippen molar-refractivity contribution in [3.63, 3.8) is 0 Å². The number of carbonyl (C=O) groups is 1. The molecule has 2 unspecified atom stereocenters. The number of thiophene rings is 8. The Morgan fingerprint density at radius 3 is 1.07 bits per heavy atom. The minimum atomic E-state index is 0.676. The molecule has 1 aromatic carbocycles. The van der Waals surface area contributed by atoms with Crippen molar-refractivity contribution < 1.29 is 9.53 Å². The van der Waals surface area contributed by atoms with Gasteiger partial charge in [-0.1, -0.05) is 247 Å². The van der Waals surface area contributed by atoms with E-state index in [-0.39, 0.29) is 0 Å². The van der Waals surface area contributed by atoms with E-state index in [0.29, 0.717) is 11.8 Å². The number of ether oxygens (including phenoxy) is 1. The second-order valence-electron chi connectivity index (χ2n) is 29.5. The highest BCUT2D eigenvalue weighted by atomic mass is 32.1. The van der Waals surface area contributed by atoms with Gasteiger partial charge >= 0.3 is 0 Å². The van der Waals surface area contributed by atoms with Gasteiger partial charge in [-0.3, -0.25) is 4.79 Å². The van der Waals surface area contributed by atoms with Gasteiger partial charge in [0.25, 0.3) is 0 Å². The van der Waals surface area contributed by atoms with Crippen molar-refractivity contribution in [3.8, 4) is 84.7 Å². The Kier molecular flexibility index (Phi) is 33.0. The molecule has 2 atom stereocenters. The zero-order valence-electron chi connectivity index (χ0n) is 64.3. The predicted molar refractivity (Wildman–Crippen MR) is 474 cm³/mol. The van der Waals surface area contributed by atoms with Crippen LogP contribution in [0.2, 0.25) is 0 Å². The van der Waals surface area contributed by atoms with E-state index in [1.807, 2.05) is 109 Å². The standard InChI is InChI=1S/C90H118N2O2S10/c1-10-18-24-28-32-36-42-63-56-69(60-93)97-83(63)72-50-51-73(98-72)84-64(43-37-33-29-25-19-11-2)57-76(100-84)89-91-81-79(70-48-46-67(95-70)54-61(16-7)40-22-14-5)88-82(80(87(81)103-89)71-49-47-68(96-71)55-62(17-8)41-23-15-6)92-90(104-88)77-58-65(44-38-34-30-26-20-12-3)85(101-77)74-52-53-75(99-74)86-66(59-78(94-9)102-86)45-39-35-31-27-21-13-4/h46-53,56-62H,10-45,54-55H2,1-9H3. The average molecular weight is 1580 g/mol. The molecule has 11 rings (SSSR count). The molecule has 0 aliphatic heterocycles. The third kappa shape index (κ3) is 21.3. The van der Waals surface area contributed by atoms with Crippen molar-refractivity contribution in [2.75, 3.05) is 7.11 Å². The number of carbonyl (C=O) groups excluding carboxylic acids is 1. The summed E-state index contributed by atoms with van der Waals surface area (Å²) in [6, 6.07) is 29.1. The van der Waals surface area contributed by atoms with E-state index in [9.17, 15) is 4.79 Å². The lowest BCUT2D eigenvalue weighted by molar-refractivity contribution is 0.112. The van der Waals surface area contributed by atoms with Gasteiger partial charge in [-0.25, -0.2) is 9.97 Å². The van der Waals surface area contributed by atoms with Crippen LogP contribution in [0.15, 0.2) is 72.8 Å². The van der Waals surface area contributed by atoms with Gasteiger partial charge in [0.05, 0.1) is 47.1 Å². The number of benzene rings is 1. The maximum absolute atomic E-state index is 12.4. The van der Waals surface area contributed by atoms with Gasteiger partial charge in [0.15, 0.2) is 11.3 Å². The molecule has 4 nitrogen and oxygen atoms in total. The molecule has 560 valence electrons. The number of nitrogens with zero attached hydrogens (tertiary/aromatic N) is 2. The second kappa shape index (κ2) is 42.3. The molecule has 0 saturated heterocycles. The fourth-order valence-electron chi connectivity index (χ4n) is 15.1. The van der Waals surface area contributed by atoms with Crippen LogP contribution < -0.4 is 4.74 Å². The van der Waals surface area contributed by atoms with Crippen LogP contribution >= 0.6 is 113 Å². The molecule has 10 aromatic heterocycles. The van der Waals surface area contributed by atoms with Crippen LogP contribution in [0.5, 0.6) is 5.06 Å². The van der Waals surface area contributed by atoms with Gasteiger partial charge in [0.2, 0.25) is 0 Å². The van der Waals surface area contributed by atoms with Gasteiger partial charge in [-0.2, -0.15) is 0 Å². The van der Waals surface area contributed by atoms with Crippen molar-refractivity contribution in [2.24, 2.45) is 11.8 Å². The van der Waals surface area contributed by atoms with Crippen LogP contribution in [0.25, 0.3) is 100 Å². The summed E-state index contributed by atoms with van der Waals surface area (Å²) < 4.78 is 8.50. The van der Waals surface area contributed by atoms with Gasteiger partial charge in [0, 0.05) is 64.8 Å². The Labute approximate surface area is 666 Å². The molecule has 0 radical (unpaired) electrons. The highest BCUT2D eigenvalue weighted by Gasteiger charge is 2.30. The van der Waals surface area contributed by atoms with Gasteiger partial charge < -0.3 is 4.74 Å². The summed E-state index contributed by atoms with van der Waals surface area (Å²) >= 11 is 19.3. The summed E-state index contributed by atoms with van der Waals surface area (Å²) in [5, 5.41) is 3.26. The van der Waals surface area contributed by atoms with E-state index >= 15 is 0 Å². The summed E-state index contributed by atoms with van der Waals surface area (Å²) in [6.07, 6.45) is 48.2. The number of rotatable bonds is 50. The smallest absolute Gasteiger partial charge is 0.174 e. The fraction of sp³-hybridized carbons (Fsp3) is 0.544. The molecule has 14 heteroatoms. The van der Waals surface area contributed by atoms with E-state index in [1.165, 1.54) is 317 Å². The van der Waals surface area contributed by atoms with Crippen molar-refractivity contribution in [1.29, 1.82) is 0 Å². The third-order valence-electron chi connectivity index (χ3n) is 21.3. The molecule has 0 N–H and O–H groups in total. The fourth-order valence-corrected chi connectivity index (χ4v) is 27.0. The Bertz CT molecular complexity index is 4250. The van der Waals surface area contributed by atoms with Crippen LogP contribution in [0.1, 0.15) is 303 Å². The summed E-state index contributed by atoms with van der Waals surface area (Å²) in [6.45, 7) is 18.7. The predicted octanol–water partition coefficient (Wildman–Crippen LogP) is 33.7. The lowest BCUT2D eigenvalue weighted by atomic mass is 9.95. The molecular weight excluding hydrogens is 1460 g/mol. The zero-order chi connectivity index (χ0) is 72.6. The molecule has 0 fully saturated rings. The normalized spacial score (nSPS) is 12.5. The number of methoxy groups -OCH3 is 1. The topological polar surface area (TPSA) is 52.1 Å². The Hall–Kier alpha value is -3.93. The lowest BCUT2D eigenvalue weighted by Crippen LogP contribution is -2.01. The first-order chi connectivity index (χ1) is 51.1. The number of thiazole rings is 2. The minimum absolute atomic E-state index is 0.676. The van der Waals surface area contributed by atoms with Crippen molar-refractivity contribution >= 4 is 140 Å². The first-order valence-electron chi connectivity index (χ1n) is 40.8. The number of hydrogen-bond acceptors (Lipinski definition) is 14. The molecule has 0 saturated carbocycles. The van der Waals surface area contributed by atoms with Crippen LogP contribution in [0, 0.1) is 11.8 Å². The van der Waals surface area contributed by atoms with Crippen molar-refractivity contribution in [2.45, 2.75) is 299 Å². The SMILES string of the molecule is CCCCCCCCc1cc(C=O)sc1-c1ccc(-c2sc(-c3nc4c(-c5ccc(CC(CC)CCCC)s5)c5sc(-c6cc(CCCCCCCC)c(-c7ccc(-c8sc(OC)cc8CCCCCCCC)s7)s6)nc5c(-c5ccc(CC(CC)CCCC)s5)c4s3)cc2CCCCCCCC)s1. The van der Waals surface area contributed by atoms with Gasteiger partial charge in [0.1, 0.15) is 10.0 Å². The number of aldehydes is 1. The number of aryl methyl sites for hydroxylation is 4. The van der Waals surface area contributed by atoms with Crippen molar-refractivity contribution in [3.05, 3.63) is 110 Å². The average Bonchev–Trinajstić information content (AvgIpc) is 1.59. The number of fused-ring (bicyclic) bond motifs is 2. The largest absolute Gasteiger partial charge is 0.487 e. The molecule has 0 aliphatic carbocycles. The van der Waals surface area contributed by atoms with E-state index < -0.39 is 0 Å². The quantitative estimate of drug-likeness (QED) is 0.0282. The number of unbranched alkanes of at least 4 members (excludes halogenated alkanes) is 22. The zero-order valence-corrected chi connectivity index (χ0v) is 72.5. The minimum Gasteiger partial charge on any atom is -0.487 e. The summed E-state index contributed by atoms with van der Waals surface area (Å²) in [4.78, 5) is 44.4. The number of hydrogen-bond donors (Lipinski definition) is 0. The Morgan fingerprint density at radius 1 is 0.346 bits per heavy atom. The molecular formula is C90H118N2O2S10. The van der Waals surface area contributed by atoms with Crippen LogP contribution in [-0.2, 0) is 38.5 Å². The van der Waals surface area contributed by atoms with Crippen LogP contribution in [0.3, 0.4) is 0 Å². The van der Waals surface area contributed by atoms with Crippen molar-refractivity contribution in [1.82, 2.24) is 9.97 Å². The Morgan fingerprint density at radius 2 is 0.692 bits per heavy atom. The molecule has 104 heavy (non-hydrogen) atoms. The lowest BCUT2D eigenvalue weighted by Gasteiger charge is -2.13.